The van der Waals surface area contributed by atoms with Crippen LogP contribution in [0.4, 0.5) is 0 Å². The van der Waals surface area contributed by atoms with E-state index in [1.165, 1.54) is 5.56 Å². The van der Waals surface area contributed by atoms with Crippen LogP contribution in [0, 0.1) is 6.92 Å². The van der Waals surface area contributed by atoms with Crippen molar-refractivity contribution in [3.05, 3.63) is 50.9 Å². The van der Waals surface area contributed by atoms with Crippen LogP contribution in [0.3, 0.4) is 0 Å². The molecule has 1 unspecified atom stereocenters. The molecule has 0 saturated carbocycles. The summed E-state index contributed by atoms with van der Waals surface area (Å²) in [6, 6.07) is 8.45. The molecule has 0 radical (unpaired) electrons. The minimum absolute atomic E-state index is 0.319. The molecule has 5 heteroatoms. The number of hydrogen-bond acceptors (Lipinski definition) is 4. The van der Waals surface area contributed by atoms with Crippen molar-refractivity contribution in [3.63, 3.8) is 0 Å². The maximum absolute atomic E-state index is 6.36. The smallest absolute Gasteiger partial charge is 0.0897 e. The number of aromatic nitrogens is 1. The SMILES string of the molecule is Cc1nc(CN2CCNCC2c2ccccc2Cl)cs1. The molecule has 1 aromatic heterocycles. The zero-order valence-corrected chi connectivity index (χ0v) is 13.0. The third-order valence-corrected chi connectivity index (χ3v) is 4.82. The van der Waals surface area contributed by atoms with Crippen LogP contribution in [0.1, 0.15) is 22.3 Å². The Morgan fingerprint density at radius 1 is 1.45 bits per heavy atom. The van der Waals surface area contributed by atoms with Crippen LogP contribution in [-0.2, 0) is 6.54 Å². The minimum atomic E-state index is 0.319. The highest BCUT2D eigenvalue weighted by atomic mass is 35.5. The quantitative estimate of drug-likeness (QED) is 0.943. The summed E-state index contributed by atoms with van der Waals surface area (Å²) in [5, 5.41) is 7.59. The Hall–Kier alpha value is -0.940. The molecule has 0 bridgehead atoms. The first-order valence-corrected chi connectivity index (χ1v) is 8.10. The van der Waals surface area contributed by atoms with Crippen LogP contribution in [0.5, 0.6) is 0 Å². The predicted molar refractivity (Wildman–Crippen MR) is 84.3 cm³/mol. The topological polar surface area (TPSA) is 28.2 Å². The lowest BCUT2D eigenvalue weighted by Crippen LogP contribution is -2.45. The molecule has 1 fully saturated rings. The van der Waals surface area contributed by atoms with Crippen LogP contribution < -0.4 is 5.32 Å². The second-order valence-corrected chi connectivity index (χ2v) is 6.54. The summed E-state index contributed by atoms with van der Waals surface area (Å²) in [5.41, 5.74) is 2.36. The molecule has 3 nitrogen and oxygen atoms in total. The van der Waals surface area contributed by atoms with Crippen LogP contribution in [0.25, 0.3) is 0 Å². The molecule has 0 amide bonds. The minimum Gasteiger partial charge on any atom is -0.314 e. The Bertz CT molecular complexity index is 584. The van der Waals surface area contributed by atoms with E-state index in [0.717, 1.165) is 41.9 Å². The van der Waals surface area contributed by atoms with E-state index >= 15 is 0 Å². The fourth-order valence-corrected chi connectivity index (χ4v) is 3.54. The molecule has 0 spiro atoms. The summed E-state index contributed by atoms with van der Waals surface area (Å²) >= 11 is 8.08. The summed E-state index contributed by atoms with van der Waals surface area (Å²) in [7, 11) is 0. The van der Waals surface area contributed by atoms with E-state index in [-0.39, 0.29) is 0 Å². The van der Waals surface area contributed by atoms with E-state index in [1.54, 1.807) is 11.3 Å². The molecule has 106 valence electrons. The summed E-state index contributed by atoms with van der Waals surface area (Å²) < 4.78 is 0. The molecule has 3 rings (SSSR count). The fourth-order valence-electron chi connectivity index (χ4n) is 2.68. The third-order valence-electron chi connectivity index (χ3n) is 3.65. The lowest BCUT2D eigenvalue weighted by atomic mass is 10.0. The van der Waals surface area contributed by atoms with E-state index in [1.807, 2.05) is 12.1 Å². The van der Waals surface area contributed by atoms with Gasteiger partial charge in [0.25, 0.3) is 0 Å². The van der Waals surface area contributed by atoms with Crippen LogP contribution in [0.15, 0.2) is 29.6 Å². The Labute approximate surface area is 128 Å². The van der Waals surface area contributed by atoms with Crippen molar-refractivity contribution in [2.45, 2.75) is 19.5 Å². The van der Waals surface area contributed by atoms with Gasteiger partial charge >= 0.3 is 0 Å². The molecular weight excluding hydrogens is 290 g/mol. The standard InChI is InChI=1S/C15H18ClN3S/c1-11-18-12(10-20-11)9-19-7-6-17-8-15(19)13-4-2-3-5-14(13)16/h2-5,10,15,17H,6-9H2,1H3. The molecule has 0 aliphatic carbocycles. The Morgan fingerprint density at radius 2 is 2.30 bits per heavy atom. The number of aryl methyl sites for hydroxylation is 1. The average Bonchev–Trinajstić information content (AvgIpc) is 2.86. The van der Waals surface area contributed by atoms with Crippen molar-refractivity contribution in [3.8, 4) is 0 Å². The van der Waals surface area contributed by atoms with Gasteiger partial charge in [0.15, 0.2) is 0 Å². The summed E-state index contributed by atoms with van der Waals surface area (Å²) in [6.07, 6.45) is 0. The van der Waals surface area contributed by atoms with Gasteiger partial charge < -0.3 is 5.32 Å². The number of rotatable bonds is 3. The second kappa shape index (κ2) is 6.22. The third kappa shape index (κ3) is 3.04. The number of halogens is 1. The number of hydrogen-bond donors (Lipinski definition) is 1. The largest absolute Gasteiger partial charge is 0.314 e. The van der Waals surface area contributed by atoms with Gasteiger partial charge in [-0.15, -0.1) is 11.3 Å². The predicted octanol–water partition coefficient (Wildman–Crippen LogP) is 3.25. The lowest BCUT2D eigenvalue weighted by Gasteiger charge is -2.36. The van der Waals surface area contributed by atoms with Crippen molar-refractivity contribution in [2.75, 3.05) is 19.6 Å². The van der Waals surface area contributed by atoms with Gasteiger partial charge in [-0.05, 0) is 18.6 Å². The van der Waals surface area contributed by atoms with E-state index in [2.05, 4.69) is 39.6 Å². The van der Waals surface area contributed by atoms with E-state index in [4.69, 9.17) is 11.6 Å². The average molecular weight is 308 g/mol. The number of benzene rings is 1. The first-order chi connectivity index (χ1) is 9.74. The monoisotopic (exact) mass is 307 g/mol. The number of piperazine rings is 1. The molecular formula is C15H18ClN3S. The van der Waals surface area contributed by atoms with Gasteiger partial charge in [0.05, 0.1) is 10.7 Å². The summed E-state index contributed by atoms with van der Waals surface area (Å²) in [5.74, 6) is 0. The van der Waals surface area contributed by atoms with Crippen LogP contribution in [0.2, 0.25) is 5.02 Å². The number of thiazole rings is 1. The van der Waals surface area contributed by atoms with Crippen molar-refractivity contribution in [2.24, 2.45) is 0 Å². The first-order valence-electron chi connectivity index (χ1n) is 6.84. The fraction of sp³-hybridized carbons (Fsp3) is 0.400. The zero-order valence-electron chi connectivity index (χ0n) is 11.5. The second-order valence-electron chi connectivity index (χ2n) is 5.07. The van der Waals surface area contributed by atoms with Crippen LogP contribution >= 0.6 is 22.9 Å². The van der Waals surface area contributed by atoms with Gasteiger partial charge in [0, 0.05) is 42.6 Å². The van der Waals surface area contributed by atoms with Crippen molar-refractivity contribution < 1.29 is 0 Å². The first kappa shape index (κ1) is 14.0. The van der Waals surface area contributed by atoms with Gasteiger partial charge in [0.2, 0.25) is 0 Å². The van der Waals surface area contributed by atoms with Gasteiger partial charge in [-0.2, -0.15) is 0 Å². The highest BCUT2D eigenvalue weighted by Gasteiger charge is 2.25. The molecule has 1 aliphatic rings. The van der Waals surface area contributed by atoms with E-state index < -0.39 is 0 Å². The van der Waals surface area contributed by atoms with Gasteiger partial charge in [-0.1, -0.05) is 29.8 Å². The van der Waals surface area contributed by atoms with Crippen LogP contribution in [-0.4, -0.2) is 29.5 Å². The van der Waals surface area contributed by atoms with E-state index in [0.29, 0.717) is 6.04 Å². The maximum atomic E-state index is 6.36. The molecule has 2 aromatic rings. The molecule has 1 saturated heterocycles. The van der Waals surface area contributed by atoms with Crippen molar-refractivity contribution >= 4 is 22.9 Å². The Balaban J connectivity index is 1.82. The zero-order chi connectivity index (χ0) is 13.9. The maximum Gasteiger partial charge on any atom is 0.0897 e. The highest BCUT2D eigenvalue weighted by Crippen LogP contribution is 2.29. The van der Waals surface area contributed by atoms with Crippen molar-refractivity contribution in [1.29, 1.82) is 0 Å². The molecule has 1 aliphatic heterocycles. The molecule has 1 aromatic carbocycles. The molecule has 20 heavy (non-hydrogen) atoms. The normalized spacial score (nSPS) is 20.2. The molecule has 1 atom stereocenters. The van der Waals surface area contributed by atoms with Gasteiger partial charge in [-0.25, -0.2) is 4.98 Å². The molecule has 1 N–H and O–H groups in total. The van der Waals surface area contributed by atoms with Crippen molar-refractivity contribution in [1.82, 2.24) is 15.2 Å². The highest BCUT2D eigenvalue weighted by molar-refractivity contribution is 7.09. The summed E-state index contributed by atoms with van der Waals surface area (Å²) in [4.78, 5) is 7.04. The summed E-state index contributed by atoms with van der Waals surface area (Å²) in [6.45, 7) is 5.92. The number of nitrogens with zero attached hydrogens (tertiary/aromatic N) is 2. The Kier molecular flexibility index (Phi) is 4.36. The Morgan fingerprint density at radius 3 is 3.05 bits per heavy atom. The lowest BCUT2D eigenvalue weighted by molar-refractivity contribution is 0.152. The molecule has 2 heterocycles. The number of nitrogens with one attached hydrogen (secondary N) is 1. The van der Waals surface area contributed by atoms with E-state index in [9.17, 15) is 0 Å². The van der Waals surface area contributed by atoms with Gasteiger partial charge in [0.1, 0.15) is 0 Å². The van der Waals surface area contributed by atoms with Gasteiger partial charge in [-0.3, -0.25) is 4.90 Å².